The van der Waals surface area contributed by atoms with Crippen molar-refractivity contribution in [1.82, 2.24) is 14.5 Å². The van der Waals surface area contributed by atoms with Crippen molar-refractivity contribution in [2.24, 2.45) is 0 Å². The maximum absolute atomic E-state index is 14.2. The molecule has 41 heavy (non-hydrogen) atoms. The van der Waals surface area contributed by atoms with Gasteiger partial charge in [0.05, 0.1) is 5.69 Å². The van der Waals surface area contributed by atoms with E-state index in [2.05, 4.69) is 21.2 Å². The first-order valence-electron chi connectivity index (χ1n) is 13.0. The zero-order valence-corrected chi connectivity index (χ0v) is 26.2. The number of carbonyl (C=O) groups excluding carboxylic acids is 2. The van der Waals surface area contributed by atoms with Gasteiger partial charge in [-0.15, -0.1) is 0 Å². The molecule has 0 unspecified atom stereocenters. The molecule has 0 aromatic heterocycles. The number of amides is 2. The smallest absolute Gasteiger partial charge is 0.304 e. The molecule has 0 radical (unpaired) electrons. The van der Waals surface area contributed by atoms with Crippen LogP contribution in [0.1, 0.15) is 31.9 Å². The van der Waals surface area contributed by atoms with Gasteiger partial charge in [0.25, 0.3) is 0 Å². The average Bonchev–Trinajstić information content (AvgIpc) is 2.89. The van der Waals surface area contributed by atoms with Crippen LogP contribution in [0, 0.1) is 5.82 Å². The number of hydrogen-bond acceptors (Lipinski definition) is 4. The maximum atomic E-state index is 14.2. The molecule has 3 rings (SSSR count). The van der Waals surface area contributed by atoms with E-state index in [4.69, 9.17) is 0 Å². The van der Waals surface area contributed by atoms with Crippen molar-refractivity contribution in [3.05, 3.63) is 100 Å². The van der Waals surface area contributed by atoms with Gasteiger partial charge in [0.1, 0.15) is 18.4 Å². The molecule has 0 spiro atoms. The molecule has 3 aromatic rings. The Morgan fingerprint density at radius 3 is 2.10 bits per heavy atom. The second-order valence-electron chi connectivity index (χ2n) is 10.9. The maximum Gasteiger partial charge on any atom is 0.304 e. The molecule has 0 fully saturated rings. The van der Waals surface area contributed by atoms with Gasteiger partial charge in [-0.2, -0.15) is 12.7 Å². The van der Waals surface area contributed by atoms with Crippen molar-refractivity contribution in [3.63, 3.8) is 0 Å². The predicted molar refractivity (Wildman–Crippen MR) is 163 cm³/mol. The van der Waals surface area contributed by atoms with Gasteiger partial charge < -0.3 is 10.2 Å². The standard InChI is InChI=1S/C30H36BrFN4O4S/c1-30(2,3)33-29(38)27(19-22-10-7-6-8-11-22)35(20-23-12-9-13-24(31)18-23)28(37)21-36(41(39,40)34(4)5)26-16-14-25(32)15-17-26/h6-18,27H,19-21H2,1-5H3,(H,33,38)/t27-/m0/s1. The minimum Gasteiger partial charge on any atom is -0.350 e. The molecular weight excluding hydrogens is 611 g/mol. The van der Waals surface area contributed by atoms with Gasteiger partial charge in [0.15, 0.2) is 0 Å². The number of nitrogens with one attached hydrogen (secondary N) is 1. The van der Waals surface area contributed by atoms with E-state index in [0.717, 1.165) is 36.3 Å². The Morgan fingerprint density at radius 1 is 0.927 bits per heavy atom. The third-order valence-corrected chi connectivity index (χ3v) is 8.46. The van der Waals surface area contributed by atoms with E-state index >= 15 is 0 Å². The Labute approximate surface area is 250 Å². The van der Waals surface area contributed by atoms with E-state index in [1.807, 2.05) is 75.4 Å². The number of carbonyl (C=O) groups is 2. The fraction of sp³-hybridized carbons (Fsp3) is 0.333. The second-order valence-corrected chi connectivity index (χ2v) is 13.9. The number of nitrogens with zero attached hydrogens (tertiary/aromatic N) is 3. The summed E-state index contributed by atoms with van der Waals surface area (Å²) in [5.74, 6) is -1.50. The summed E-state index contributed by atoms with van der Waals surface area (Å²) in [6, 6.07) is 20.6. The molecule has 2 amide bonds. The van der Waals surface area contributed by atoms with Gasteiger partial charge in [-0.05, 0) is 68.3 Å². The minimum absolute atomic E-state index is 0.0482. The Bertz CT molecular complexity index is 1450. The van der Waals surface area contributed by atoms with Gasteiger partial charge in [0, 0.05) is 37.1 Å². The van der Waals surface area contributed by atoms with Crippen LogP contribution in [0.3, 0.4) is 0 Å². The van der Waals surface area contributed by atoms with Crippen LogP contribution >= 0.6 is 15.9 Å². The Kier molecular flexibility index (Phi) is 10.7. The molecule has 0 saturated heterocycles. The highest BCUT2D eigenvalue weighted by Gasteiger charge is 2.35. The van der Waals surface area contributed by atoms with Crippen LogP contribution < -0.4 is 9.62 Å². The summed E-state index contributed by atoms with van der Waals surface area (Å²) in [4.78, 5) is 29.4. The third kappa shape index (κ3) is 9.11. The van der Waals surface area contributed by atoms with Crippen LogP contribution in [0.15, 0.2) is 83.3 Å². The lowest BCUT2D eigenvalue weighted by atomic mass is 10.0. The molecule has 0 saturated carbocycles. The Balaban J connectivity index is 2.11. The molecule has 1 N–H and O–H groups in total. The topological polar surface area (TPSA) is 90.0 Å². The lowest BCUT2D eigenvalue weighted by molar-refractivity contribution is -0.140. The highest BCUT2D eigenvalue weighted by Crippen LogP contribution is 2.23. The van der Waals surface area contributed by atoms with Gasteiger partial charge >= 0.3 is 10.2 Å². The molecule has 220 valence electrons. The molecule has 3 aromatic carbocycles. The van der Waals surface area contributed by atoms with Gasteiger partial charge in [0.2, 0.25) is 11.8 Å². The zero-order valence-electron chi connectivity index (χ0n) is 23.8. The first-order chi connectivity index (χ1) is 19.2. The van der Waals surface area contributed by atoms with Gasteiger partial charge in [-0.3, -0.25) is 9.59 Å². The van der Waals surface area contributed by atoms with Crippen molar-refractivity contribution in [3.8, 4) is 0 Å². The first-order valence-corrected chi connectivity index (χ1v) is 15.2. The molecular formula is C30H36BrFN4O4S. The van der Waals surface area contributed by atoms with E-state index in [1.165, 1.54) is 31.1 Å². The summed E-state index contributed by atoms with van der Waals surface area (Å²) in [5, 5.41) is 2.99. The van der Waals surface area contributed by atoms with Crippen LogP contribution in [-0.4, -0.2) is 61.7 Å². The van der Waals surface area contributed by atoms with Crippen molar-refractivity contribution in [2.75, 3.05) is 24.9 Å². The Morgan fingerprint density at radius 2 is 1.54 bits per heavy atom. The predicted octanol–water partition coefficient (Wildman–Crippen LogP) is 4.76. The Hall–Kier alpha value is -3.28. The van der Waals surface area contributed by atoms with E-state index in [0.29, 0.717) is 0 Å². The largest absolute Gasteiger partial charge is 0.350 e. The van der Waals surface area contributed by atoms with Crippen LogP contribution in [0.4, 0.5) is 10.1 Å². The normalized spacial score (nSPS) is 12.6. The summed E-state index contributed by atoms with van der Waals surface area (Å²) in [5.41, 5.74) is 1.13. The quantitative estimate of drug-likeness (QED) is 0.325. The molecule has 1 atom stereocenters. The van der Waals surface area contributed by atoms with E-state index < -0.39 is 40.1 Å². The monoisotopic (exact) mass is 646 g/mol. The number of anilines is 1. The second kappa shape index (κ2) is 13.6. The van der Waals surface area contributed by atoms with Crippen molar-refractivity contribution < 1.29 is 22.4 Å². The lowest BCUT2D eigenvalue weighted by Crippen LogP contribution is -2.56. The first kappa shape index (κ1) is 32.2. The lowest BCUT2D eigenvalue weighted by Gasteiger charge is -2.35. The summed E-state index contributed by atoms with van der Waals surface area (Å²) >= 11 is 3.46. The van der Waals surface area contributed by atoms with Crippen LogP contribution in [-0.2, 0) is 32.8 Å². The van der Waals surface area contributed by atoms with Crippen LogP contribution in [0.2, 0.25) is 0 Å². The number of benzene rings is 3. The summed E-state index contributed by atoms with van der Waals surface area (Å²) in [7, 11) is -1.45. The average molecular weight is 648 g/mol. The van der Waals surface area contributed by atoms with Crippen molar-refractivity contribution in [2.45, 2.75) is 45.3 Å². The van der Waals surface area contributed by atoms with E-state index in [1.54, 1.807) is 0 Å². The van der Waals surface area contributed by atoms with Gasteiger partial charge in [-0.25, -0.2) is 8.70 Å². The van der Waals surface area contributed by atoms with Crippen molar-refractivity contribution >= 4 is 43.6 Å². The minimum atomic E-state index is -4.16. The van der Waals surface area contributed by atoms with E-state index in [9.17, 15) is 22.4 Å². The highest BCUT2D eigenvalue weighted by molar-refractivity contribution is 9.10. The number of rotatable bonds is 11. The fourth-order valence-corrected chi connectivity index (χ4v) is 5.67. The number of halogens is 2. The zero-order chi connectivity index (χ0) is 30.4. The van der Waals surface area contributed by atoms with E-state index in [-0.39, 0.29) is 24.6 Å². The molecule has 0 aliphatic heterocycles. The summed E-state index contributed by atoms with van der Waals surface area (Å²) in [6.07, 6.45) is 0.208. The van der Waals surface area contributed by atoms with Crippen LogP contribution in [0.25, 0.3) is 0 Å². The molecule has 0 aliphatic rings. The summed E-state index contributed by atoms with van der Waals surface area (Å²) < 4.78 is 43.1. The summed E-state index contributed by atoms with van der Waals surface area (Å²) in [6.45, 7) is 5.00. The molecule has 0 bridgehead atoms. The fourth-order valence-electron chi connectivity index (χ4n) is 4.16. The molecule has 0 heterocycles. The SMILES string of the molecule is CN(C)S(=O)(=O)N(CC(=O)N(Cc1cccc(Br)c1)[C@@H](Cc1ccccc1)C(=O)NC(C)(C)C)c1ccc(F)cc1. The van der Waals surface area contributed by atoms with Gasteiger partial charge in [-0.1, -0.05) is 58.4 Å². The van der Waals surface area contributed by atoms with Crippen molar-refractivity contribution in [1.29, 1.82) is 0 Å². The van der Waals surface area contributed by atoms with Crippen LogP contribution in [0.5, 0.6) is 0 Å². The molecule has 0 aliphatic carbocycles. The highest BCUT2D eigenvalue weighted by atomic mass is 79.9. The molecule has 11 heteroatoms. The third-order valence-electron chi connectivity index (χ3n) is 6.14. The molecule has 8 nitrogen and oxygen atoms in total. The number of hydrogen-bond donors (Lipinski definition) is 1.